The maximum absolute atomic E-state index is 11.8. The van der Waals surface area contributed by atoms with Gasteiger partial charge in [0.15, 0.2) is 0 Å². The number of hydrogen-bond donors (Lipinski definition) is 3. The fourth-order valence-electron chi connectivity index (χ4n) is 1.54. The van der Waals surface area contributed by atoms with Crippen molar-refractivity contribution in [2.24, 2.45) is 5.73 Å². The van der Waals surface area contributed by atoms with Gasteiger partial charge in [-0.2, -0.15) is 0 Å². The molecular weight excluding hydrogens is 278 g/mol. The van der Waals surface area contributed by atoms with Gasteiger partial charge < -0.3 is 16.4 Å². The number of anilines is 1. The van der Waals surface area contributed by atoms with Crippen LogP contribution in [-0.4, -0.2) is 23.9 Å². The van der Waals surface area contributed by atoms with Gasteiger partial charge in [-0.3, -0.25) is 9.59 Å². The molecule has 0 saturated heterocycles. The van der Waals surface area contributed by atoms with Crippen LogP contribution >= 0.6 is 11.6 Å². The van der Waals surface area contributed by atoms with Crippen LogP contribution in [0.25, 0.3) is 0 Å². The van der Waals surface area contributed by atoms with Gasteiger partial charge in [-0.25, -0.2) is 0 Å². The summed E-state index contributed by atoms with van der Waals surface area (Å²) in [4.78, 5) is 22.9. The molecule has 0 aliphatic heterocycles. The first-order valence-corrected chi connectivity index (χ1v) is 6.71. The van der Waals surface area contributed by atoms with E-state index in [1.807, 2.05) is 20.8 Å². The van der Waals surface area contributed by atoms with Crippen molar-refractivity contribution in [3.8, 4) is 0 Å². The van der Waals surface area contributed by atoms with E-state index in [1.54, 1.807) is 0 Å². The summed E-state index contributed by atoms with van der Waals surface area (Å²) in [6.45, 7) is 6.64. The number of hydrogen-bond acceptors (Lipinski definition) is 3. The molecule has 1 rings (SSSR count). The molecule has 0 aliphatic carbocycles. The standard InChI is InChI=1S/C14H20ClN3O2/c1-14(2,3)17-7-6-12(19)18-11-8-9(13(16)20)4-5-10(11)15/h4-5,8,17H,6-7H2,1-3H3,(H2,16,20)(H,18,19). The van der Waals surface area contributed by atoms with E-state index in [4.69, 9.17) is 17.3 Å². The molecular formula is C14H20ClN3O2. The van der Waals surface area contributed by atoms with Crippen molar-refractivity contribution in [2.45, 2.75) is 32.7 Å². The first-order chi connectivity index (χ1) is 9.19. The summed E-state index contributed by atoms with van der Waals surface area (Å²) < 4.78 is 0. The average molecular weight is 298 g/mol. The highest BCUT2D eigenvalue weighted by Crippen LogP contribution is 2.23. The second-order valence-electron chi connectivity index (χ2n) is 5.53. The lowest BCUT2D eigenvalue weighted by Crippen LogP contribution is -2.37. The molecule has 6 heteroatoms. The van der Waals surface area contributed by atoms with E-state index in [-0.39, 0.29) is 11.4 Å². The maximum atomic E-state index is 11.8. The predicted octanol–water partition coefficient (Wildman–Crippen LogP) is 2.16. The monoisotopic (exact) mass is 297 g/mol. The van der Waals surface area contributed by atoms with Gasteiger partial charge in [0.2, 0.25) is 11.8 Å². The molecule has 0 spiro atoms. The van der Waals surface area contributed by atoms with Crippen molar-refractivity contribution >= 4 is 29.1 Å². The van der Waals surface area contributed by atoms with Gasteiger partial charge in [0.1, 0.15) is 0 Å². The fraction of sp³-hybridized carbons (Fsp3) is 0.429. The van der Waals surface area contributed by atoms with Crippen LogP contribution in [0, 0.1) is 0 Å². The Morgan fingerprint density at radius 1 is 1.30 bits per heavy atom. The molecule has 20 heavy (non-hydrogen) atoms. The molecule has 0 unspecified atom stereocenters. The molecule has 1 aromatic rings. The Bertz CT molecular complexity index is 510. The first kappa shape index (κ1) is 16.5. The summed E-state index contributed by atoms with van der Waals surface area (Å²) in [5, 5.41) is 6.26. The molecule has 1 aromatic carbocycles. The Hall–Kier alpha value is -1.59. The predicted molar refractivity (Wildman–Crippen MR) is 81.0 cm³/mol. The smallest absolute Gasteiger partial charge is 0.248 e. The minimum absolute atomic E-state index is 0.0379. The van der Waals surface area contributed by atoms with Crippen molar-refractivity contribution in [2.75, 3.05) is 11.9 Å². The average Bonchev–Trinajstić information content (AvgIpc) is 2.30. The first-order valence-electron chi connectivity index (χ1n) is 6.33. The van der Waals surface area contributed by atoms with Gasteiger partial charge >= 0.3 is 0 Å². The topological polar surface area (TPSA) is 84.2 Å². The Morgan fingerprint density at radius 3 is 2.50 bits per heavy atom. The lowest BCUT2D eigenvalue weighted by Gasteiger charge is -2.20. The molecule has 0 heterocycles. The zero-order chi connectivity index (χ0) is 15.3. The largest absolute Gasteiger partial charge is 0.366 e. The van der Waals surface area contributed by atoms with E-state index in [1.165, 1.54) is 18.2 Å². The van der Waals surface area contributed by atoms with E-state index in [2.05, 4.69) is 10.6 Å². The van der Waals surface area contributed by atoms with Gasteiger partial charge in [0.05, 0.1) is 10.7 Å². The fourth-order valence-corrected chi connectivity index (χ4v) is 1.70. The number of carbonyl (C=O) groups excluding carboxylic acids is 2. The van der Waals surface area contributed by atoms with Crippen LogP contribution < -0.4 is 16.4 Å². The van der Waals surface area contributed by atoms with Gasteiger partial charge in [0, 0.05) is 24.1 Å². The third-order valence-electron chi connectivity index (χ3n) is 2.53. The van der Waals surface area contributed by atoms with Gasteiger partial charge in [-0.15, -0.1) is 0 Å². The van der Waals surface area contributed by atoms with Crippen molar-refractivity contribution < 1.29 is 9.59 Å². The van der Waals surface area contributed by atoms with Crippen LogP contribution in [0.3, 0.4) is 0 Å². The lowest BCUT2D eigenvalue weighted by molar-refractivity contribution is -0.116. The zero-order valence-electron chi connectivity index (χ0n) is 11.9. The van der Waals surface area contributed by atoms with Crippen LogP contribution in [0.5, 0.6) is 0 Å². The highest BCUT2D eigenvalue weighted by Gasteiger charge is 2.11. The molecule has 2 amide bonds. The number of amides is 2. The number of primary amides is 1. The summed E-state index contributed by atoms with van der Waals surface area (Å²) in [7, 11) is 0. The van der Waals surface area contributed by atoms with E-state index < -0.39 is 5.91 Å². The third-order valence-corrected chi connectivity index (χ3v) is 2.86. The molecule has 0 bridgehead atoms. The molecule has 5 nitrogen and oxygen atoms in total. The second kappa shape index (κ2) is 6.72. The molecule has 0 aliphatic rings. The normalized spacial score (nSPS) is 11.2. The van der Waals surface area contributed by atoms with E-state index in [0.29, 0.717) is 29.2 Å². The quantitative estimate of drug-likeness (QED) is 0.778. The summed E-state index contributed by atoms with van der Waals surface area (Å²) in [6.07, 6.45) is 0.314. The Labute approximate surface area is 123 Å². The van der Waals surface area contributed by atoms with Crippen molar-refractivity contribution in [3.05, 3.63) is 28.8 Å². The van der Waals surface area contributed by atoms with Crippen molar-refractivity contribution in [3.63, 3.8) is 0 Å². The van der Waals surface area contributed by atoms with E-state index in [0.717, 1.165) is 0 Å². The van der Waals surface area contributed by atoms with Crippen LogP contribution in [0.1, 0.15) is 37.6 Å². The van der Waals surface area contributed by atoms with Gasteiger partial charge in [0.25, 0.3) is 0 Å². The molecule has 0 saturated carbocycles. The highest BCUT2D eigenvalue weighted by molar-refractivity contribution is 6.33. The van der Waals surface area contributed by atoms with Crippen LogP contribution in [0.4, 0.5) is 5.69 Å². The number of nitrogens with two attached hydrogens (primary N) is 1. The minimum Gasteiger partial charge on any atom is -0.366 e. The zero-order valence-corrected chi connectivity index (χ0v) is 12.7. The number of halogens is 1. The summed E-state index contributed by atoms with van der Waals surface area (Å²) in [5.74, 6) is -0.739. The number of benzene rings is 1. The van der Waals surface area contributed by atoms with Crippen LogP contribution in [0.2, 0.25) is 5.02 Å². The summed E-state index contributed by atoms with van der Waals surface area (Å²) in [5.41, 5.74) is 5.84. The molecule has 110 valence electrons. The number of nitrogens with one attached hydrogen (secondary N) is 2. The van der Waals surface area contributed by atoms with Crippen LogP contribution in [-0.2, 0) is 4.79 Å². The minimum atomic E-state index is -0.563. The molecule has 0 fully saturated rings. The summed E-state index contributed by atoms with van der Waals surface area (Å²) in [6, 6.07) is 4.52. The molecule has 0 atom stereocenters. The highest BCUT2D eigenvalue weighted by atomic mass is 35.5. The van der Waals surface area contributed by atoms with Crippen molar-refractivity contribution in [1.29, 1.82) is 0 Å². The number of rotatable bonds is 5. The second-order valence-corrected chi connectivity index (χ2v) is 5.94. The molecule has 0 aromatic heterocycles. The van der Waals surface area contributed by atoms with Crippen molar-refractivity contribution in [1.82, 2.24) is 5.32 Å². The Morgan fingerprint density at radius 2 is 1.95 bits per heavy atom. The van der Waals surface area contributed by atoms with Gasteiger partial charge in [-0.05, 0) is 39.0 Å². The lowest BCUT2D eigenvalue weighted by atomic mass is 10.1. The Kier molecular flexibility index (Phi) is 5.53. The Balaban J connectivity index is 2.62. The third kappa shape index (κ3) is 5.59. The summed E-state index contributed by atoms with van der Waals surface area (Å²) >= 11 is 5.97. The number of carbonyl (C=O) groups is 2. The maximum Gasteiger partial charge on any atom is 0.248 e. The SMILES string of the molecule is CC(C)(C)NCCC(=O)Nc1cc(C(N)=O)ccc1Cl. The van der Waals surface area contributed by atoms with E-state index in [9.17, 15) is 9.59 Å². The van der Waals surface area contributed by atoms with Gasteiger partial charge in [-0.1, -0.05) is 11.6 Å². The van der Waals surface area contributed by atoms with Crippen LogP contribution in [0.15, 0.2) is 18.2 Å². The molecule has 4 N–H and O–H groups in total. The molecule has 0 radical (unpaired) electrons. The van der Waals surface area contributed by atoms with E-state index >= 15 is 0 Å².